The van der Waals surface area contributed by atoms with E-state index in [1.807, 2.05) is 36.0 Å². The first-order valence-electron chi connectivity index (χ1n) is 15.8. The molecule has 2 aromatic rings. The van der Waals surface area contributed by atoms with Gasteiger partial charge in [0.25, 0.3) is 11.8 Å². The van der Waals surface area contributed by atoms with Gasteiger partial charge in [0.1, 0.15) is 28.7 Å². The zero-order chi connectivity index (χ0) is 30.3. The second kappa shape index (κ2) is 10.0. The molecule has 5 heterocycles. The Bertz CT molecular complexity index is 1490. The Hall–Kier alpha value is -2.96. The van der Waals surface area contributed by atoms with Crippen molar-refractivity contribution in [3.05, 3.63) is 48.2 Å². The molecule has 1 amide bonds. The molecular weight excluding hydrogens is 584 g/mol. The zero-order valence-electron chi connectivity index (χ0n) is 25.1. The molecule has 2 unspecified atom stereocenters. The van der Waals surface area contributed by atoms with Gasteiger partial charge in [-0.1, -0.05) is 6.07 Å². The number of nitrogens with zero attached hydrogens (tertiary/aromatic N) is 4. The Labute approximate surface area is 260 Å². The van der Waals surface area contributed by atoms with E-state index in [-0.39, 0.29) is 24.5 Å². The van der Waals surface area contributed by atoms with Gasteiger partial charge in [-0.05, 0) is 105 Å². The van der Waals surface area contributed by atoms with Crippen molar-refractivity contribution in [2.75, 3.05) is 34.9 Å². The molecule has 2 spiro atoms. The molecule has 4 bridgehead atoms. The first-order chi connectivity index (χ1) is 21.1. The minimum Gasteiger partial charge on any atom is -0.364 e. The predicted molar refractivity (Wildman–Crippen MR) is 165 cm³/mol. The summed E-state index contributed by atoms with van der Waals surface area (Å²) in [6.45, 7) is 4.65. The summed E-state index contributed by atoms with van der Waals surface area (Å²) in [5, 5.41) is 5.09. The van der Waals surface area contributed by atoms with E-state index in [1.54, 1.807) is 30.3 Å². The van der Waals surface area contributed by atoms with Crippen molar-refractivity contribution >= 4 is 35.3 Å². The molecule has 3 aliphatic carbocycles. The van der Waals surface area contributed by atoms with Crippen LogP contribution in [0.4, 0.5) is 26.2 Å². The minimum atomic E-state index is -2.93. The van der Waals surface area contributed by atoms with Crippen LogP contribution in [0, 0.1) is 22.7 Å². The number of hydrogen-bond acceptors (Lipinski definition) is 9. The van der Waals surface area contributed by atoms with E-state index < -0.39 is 18.0 Å². The molecule has 44 heavy (non-hydrogen) atoms. The van der Waals surface area contributed by atoms with E-state index in [9.17, 15) is 4.79 Å². The molecule has 6 aliphatic rings. The van der Waals surface area contributed by atoms with Gasteiger partial charge in [-0.25, -0.2) is 18.7 Å². The third-order valence-corrected chi connectivity index (χ3v) is 11.6. The monoisotopic (exact) mass is 623 g/mol. The maximum Gasteiger partial charge on any atom is 0.265 e. The SMILES string of the molecule is CC1(C)CC2CN1c1nc(N3C=CC(OCCC4C5(CC5)C45CC5)N3)ccc1C(=O)NSc1cccc(n1)NCC(F)(F)C2. The van der Waals surface area contributed by atoms with Gasteiger partial charge >= 0.3 is 0 Å². The second-order valence-electron chi connectivity index (χ2n) is 14.1. The molecule has 0 aromatic carbocycles. The van der Waals surface area contributed by atoms with E-state index in [4.69, 9.17) is 9.72 Å². The quantitative estimate of drug-likeness (QED) is 0.361. The van der Waals surface area contributed by atoms with Crippen LogP contribution in [0.1, 0.15) is 69.2 Å². The molecule has 9 nitrogen and oxygen atoms in total. The largest absolute Gasteiger partial charge is 0.364 e. The Kier molecular flexibility index (Phi) is 6.49. The third kappa shape index (κ3) is 4.93. The van der Waals surface area contributed by atoms with Crippen LogP contribution in [0.3, 0.4) is 0 Å². The number of carbonyl (C=O) groups is 1. The number of hydrogen-bond donors (Lipinski definition) is 3. The number of pyridine rings is 2. The van der Waals surface area contributed by atoms with Crippen molar-refractivity contribution < 1.29 is 18.3 Å². The molecule has 3 N–H and O–H groups in total. The molecule has 2 atom stereocenters. The highest BCUT2D eigenvalue weighted by Gasteiger charge is 2.85. The maximum atomic E-state index is 15.2. The van der Waals surface area contributed by atoms with Crippen molar-refractivity contribution in [3.8, 4) is 0 Å². The van der Waals surface area contributed by atoms with Crippen molar-refractivity contribution in [1.29, 1.82) is 0 Å². The van der Waals surface area contributed by atoms with E-state index in [2.05, 4.69) is 20.4 Å². The highest BCUT2D eigenvalue weighted by molar-refractivity contribution is 7.97. The normalized spacial score (nSPS) is 28.7. The van der Waals surface area contributed by atoms with Crippen molar-refractivity contribution in [2.24, 2.45) is 22.7 Å². The van der Waals surface area contributed by atoms with Crippen LogP contribution in [-0.2, 0) is 4.74 Å². The molecule has 8 rings (SSSR count). The van der Waals surface area contributed by atoms with Crippen LogP contribution >= 0.6 is 11.9 Å². The molecule has 4 fully saturated rings. The van der Waals surface area contributed by atoms with Crippen LogP contribution < -0.4 is 25.4 Å². The van der Waals surface area contributed by atoms with Crippen molar-refractivity contribution in [3.63, 3.8) is 0 Å². The van der Waals surface area contributed by atoms with Gasteiger partial charge < -0.3 is 15.0 Å². The van der Waals surface area contributed by atoms with Gasteiger partial charge in [-0.2, -0.15) is 5.43 Å². The summed E-state index contributed by atoms with van der Waals surface area (Å²) in [6.07, 6.45) is 10.7. The van der Waals surface area contributed by atoms with E-state index >= 15 is 8.78 Å². The van der Waals surface area contributed by atoms with Gasteiger partial charge in [0.2, 0.25) is 0 Å². The van der Waals surface area contributed by atoms with Gasteiger partial charge in [-0.3, -0.25) is 14.5 Å². The zero-order valence-corrected chi connectivity index (χ0v) is 25.9. The number of ether oxygens (including phenoxy) is 1. The van der Waals surface area contributed by atoms with Crippen LogP contribution in [-0.4, -0.2) is 53.3 Å². The first kappa shape index (κ1) is 28.5. The van der Waals surface area contributed by atoms with E-state index in [0.717, 1.165) is 30.9 Å². The molecule has 0 radical (unpaired) electrons. The van der Waals surface area contributed by atoms with Crippen LogP contribution in [0.15, 0.2) is 47.6 Å². The van der Waals surface area contributed by atoms with Crippen LogP contribution in [0.5, 0.6) is 0 Å². The lowest BCUT2D eigenvalue weighted by Gasteiger charge is -2.34. The predicted octanol–water partition coefficient (Wildman–Crippen LogP) is 5.73. The fourth-order valence-corrected chi connectivity index (χ4v) is 9.18. The Balaban J connectivity index is 1.02. The molecule has 3 aliphatic heterocycles. The molecule has 1 saturated heterocycles. The lowest BCUT2D eigenvalue weighted by molar-refractivity contribution is -0.00773. The van der Waals surface area contributed by atoms with E-state index in [0.29, 0.717) is 51.8 Å². The molecular formula is C32H39F2N7O2S. The second-order valence-corrected chi connectivity index (χ2v) is 15.0. The highest BCUT2D eigenvalue weighted by atomic mass is 32.2. The number of amides is 1. The molecule has 234 valence electrons. The van der Waals surface area contributed by atoms with Gasteiger partial charge in [0, 0.05) is 43.3 Å². The number of alkyl halides is 2. The average Bonchev–Trinajstić information content (AvgIpc) is 3.94. The Morgan fingerprint density at radius 3 is 2.64 bits per heavy atom. The van der Waals surface area contributed by atoms with Gasteiger partial charge in [0.05, 0.1) is 12.1 Å². The number of carbonyl (C=O) groups excluding carboxylic acids is 1. The fourth-order valence-electron chi connectivity index (χ4n) is 8.58. The van der Waals surface area contributed by atoms with E-state index in [1.165, 1.54) is 25.7 Å². The number of nitrogens with one attached hydrogen (secondary N) is 3. The smallest absolute Gasteiger partial charge is 0.265 e. The molecule has 2 aromatic heterocycles. The van der Waals surface area contributed by atoms with Crippen molar-refractivity contribution in [1.82, 2.24) is 20.1 Å². The van der Waals surface area contributed by atoms with Crippen LogP contribution in [0.25, 0.3) is 0 Å². The number of anilines is 3. The summed E-state index contributed by atoms with van der Waals surface area (Å²) >= 11 is 1.05. The topological polar surface area (TPSA) is 94.7 Å². The standard InChI is InChI=1S/C32H39F2N7O2S/c1-29(2)16-20-17-32(33,34)19-35-23-4-3-5-26(36-23)44-39-28(42)21-6-7-24(37-27(21)40(29)18-20)41-14-8-25(38-41)43-15-9-22-30(10-11-30)31(22)12-13-31/h3-8,14,20,22,25,38H,9-13,15-19H2,1-2H3,(H,35,36)(H,39,42). The lowest BCUT2D eigenvalue weighted by atomic mass is 9.92. The summed E-state index contributed by atoms with van der Waals surface area (Å²) in [4.78, 5) is 24.9. The number of aromatic nitrogens is 2. The maximum absolute atomic E-state index is 15.2. The van der Waals surface area contributed by atoms with Crippen LogP contribution in [0.2, 0.25) is 0 Å². The fraction of sp³-hybridized carbons (Fsp3) is 0.594. The van der Waals surface area contributed by atoms with Gasteiger partial charge in [0.15, 0.2) is 0 Å². The highest BCUT2D eigenvalue weighted by Crippen LogP contribution is 2.93. The molecule has 3 saturated carbocycles. The summed E-state index contributed by atoms with van der Waals surface area (Å²) in [5.74, 6) is -1.26. The third-order valence-electron chi connectivity index (χ3n) is 10.9. The number of halogens is 2. The number of rotatable bonds is 5. The molecule has 12 heteroatoms. The Morgan fingerprint density at radius 1 is 1.07 bits per heavy atom. The number of hydrazine groups is 1. The van der Waals surface area contributed by atoms with Gasteiger partial charge in [-0.15, -0.1) is 0 Å². The minimum absolute atomic E-state index is 0.259. The summed E-state index contributed by atoms with van der Waals surface area (Å²) in [7, 11) is 0. The summed E-state index contributed by atoms with van der Waals surface area (Å²) < 4.78 is 39.4. The first-order valence-corrected chi connectivity index (χ1v) is 16.6. The van der Waals surface area contributed by atoms with Crippen molar-refractivity contribution in [2.45, 2.75) is 81.5 Å². The summed E-state index contributed by atoms with van der Waals surface area (Å²) in [5.41, 5.74) is 4.63. The average molecular weight is 624 g/mol. The lowest BCUT2D eigenvalue weighted by Crippen LogP contribution is -2.41. The Morgan fingerprint density at radius 2 is 1.86 bits per heavy atom. The number of fused-ring (bicyclic) bond motifs is 7. The summed E-state index contributed by atoms with van der Waals surface area (Å²) in [6, 6.07) is 8.66.